The Balaban J connectivity index is 2.67. The molecule has 1 rings (SSSR count). The van der Waals surface area contributed by atoms with Crippen molar-refractivity contribution in [2.45, 2.75) is 13.1 Å². The van der Waals surface area contributed by atoms with Crippen LogP contribution in [0.4, 0.5) is 29.3 Å². The summed E-state index contributed by atoms with van der Waals surface area (Å²) in [6, 6.07) is 5.01. The van der Waals surface area contributed by atoms with Gasteiger partial charge in [-0.2, -0.15) is 13.2 Å². The van der Waals surface area contributed by atoms with E-state index >= 15 is 0 Å². The second kappa shape index (κ2) is 5.81. The summed E-state index contributed by atoms with van der Waals surface area (Å²) in [5.74, 6) is 0. The van der Waals surface area contributed by atoms with Crippen molar-refractivity contribution in [3.8, 4) is 0 Å². The van der Waals surface area contributed by atoms with E-state index in [-0.39, 0.29) is 0 Å². The van der Waals surface area contributed by atoms with Gasteiger partial charge < -0.3 is 9.64 Å². The molecule has 1 amide bonds. The fraction of sp³-hybridized carbons (Fsp3) is 0.417. The zero-order valence-corrected chi connectivity index (χ0v) is 10.8. The standard InChI is InChI=1S/C12H15F3N2O2/c1-8-4-5-9(6-10(8)17(2)3)16-11(18)19-7-12(13,14)15/h4-6H,7H2,1-3H3,(H,16,18). The molecule has 19 heavy (non-hydrogen) atoms. The van der Waals surface area contributed by atoms with Gasteiger partial charge in [-0.1, -0.05) is 6.07 Å². The van der Waals surface area contributed by atoms with Crippen molar-refractivity contribution in [3.05, 3.63) is 23.8 Å². The molecule has 0 unspecified atom stereocenters. The number of nitrogens with one attached hydrogen (secondary N) is 1. The Bertz CT molecular complexity index is 459. The highest BCUT2D eigenvalue weighted by Crippen LogP contribution is 2.22. The predicted octanol–water partition coefficient (Wildman–Crippen LogP) is 3.17. The van der Waals surface area contributed by atoms with E-state index < -0.39 is 18.9 Å². The van der Waals surface area contributed by atoms with Gasteiger partial charge >= 0.3 is 12.3 Å². The van der Waals surface area contributed by atoms with Crippen molar-refractivity contribution >= 4 is 17.5 Å². The highest BCUT2D eigenvalue weighted by molar-refractivity contribution is 5.85. The maximum absolute atomic E-state index is 11.9. The van der Waals surface area contributed by atoms with Gasteiger partial charge in [0.05, 0.1) is 0 Å². The number of halogens is 3. The van der Waals surface area contributed by atoms with Crippen molar-refractivity contribution < 1.29 is 22.7 Å². The molecule has 0 aromatic heterocycles. The van der Waals surface area contributed by atoms with Crippen LogP contribution in [0.3, 0.4) is 0 Å². The molecule has 0 aliphatic heterocycles. The van der Waals surface area contributed by atoms with Gasteiger partial charge in [0.2, 0.25) is 0 Å². The maximum Gasteiger partial charge on any atom is 0.422 e. The molecule has 0 spiro atoms. The van der Waals surface area contributed by atoms with Crippen molar-refractivity contribution in [2.24, 2.45) is 0 Å². The van der Waals surface area contributed by atoms with Crippen LogP contribution in [0, 0.1) is 6.92 Å². The molecule has 0 fully saturated rings. The molecule has 0 bridgehead atoms. The van der Waals surface area contributed by atoms with Crippen LogP contribution in [0.15, 0.2) is 18.2 Å². The van der Waals surface area contributed by atoms with E-state index in [1.54, 1.807) is 18.2 Å². The molecule has 0 aliphatic carbocycles. The molecular formula is C12H15F3N2O2. The van der Waals surface area contributed by atoms with Crippen LogP contribution < -0.4 is 10.2 Å². The number of hydrogen-bond acceptors (Lipinski definition) is 3. The minimum atomic E-state index is -4.53. The number of ether oxygens (including phenoxy) is 1. The van der Waals surface area contributed by atoms with Gasteiger partial charge in [-0.25, -0.2) is 4.79 Å². The third-order valence-electron chi connectivity index (χ3n) is 2.30. The highest BCUT2D eigenvalue weighted by atomic mass is 19.4. The Labute approximate surface area is 109 Å². The molecule has 106 valence electrons. The monoisotopic (exact) mass is 276 g/mol. The first-order valence-electron chi connectivity index (χ1n) is 5.47. The second-order valence-electron chi connectivity index (χ2n) is 4.21. The van der Waals surface area contributed by atoms with E-state index in [1.165, 1.54) is 0 Å². The average molecular weight is 276 g/mol. The first-order valence-corrected chi connectivity index (χ1v) is 5.47. The summed E-state index contributed by atoms with van der Waals surface area (Å²) in [5.41, 5.74) is 2.22. The van der Waals surface area contributed by atoms with Crippen molar-refractivity contribution in [1.82, 2.24) is 0 Å². The van der Waals surface area contributed by atoms with Gasteiger partial charge in [-0.15, -0.1) is 0 Å². The van der Waals surface area contributed by atoms with Crippen molar-refractivity contribution in [2.75, 3.05) is 30.9 Å². The number of carbonyl (C=O) groups is 1. The van der Waals surface area contributed by atoms with Crippen molar-refractivity contribution in [1.29, 1.82) is 0 Å². The first kappa shape index (κ1) is 15.1. The fourth-order valence-corrected chi connectivity index (χ4v) is 1.47. The number of anilines is 2. The Morgan fingerprint density at radius 2 is 2.00 bits per heavy atom. The van der Waals surface area contributed by atoms with Gasteiger partial charge in [0.25, 0.3) is 0 Å². The molecule has 7 heteroatoms. The van der Waals surface area contributed by atoms with E-state index in [0.29, 0.717) is 5.69 Å². The van der Waals surface area contributed by atoms with Crippen LogP contribution in [0.5, 0.6) is 0 Å². The summed E-state index contributed by atoms with van der Waals surface area (Å²) in [5, 5.41) is 2.25. The molecule has 0 saturated carbocycles. The minimum Gasteiger partial charge on any atom is -0.440 e. The topological polar surface area (TPSA) is 41.6 Å². The number of rotatable bonds is 3. The number of aryl methyl sites for hydroxylation is 1. The summed E-state index contributed by atoms with van der Waals surface area (Å²) in [7, 11) is 3.65. The maximum atomic E-state index is 11.9. The Hall–Kier alpha value is -1.92. The molecule has 0 saturated heterocycles. The summed E-state index contributed by atoms with van der Waals surface area (Å²) in [6.07, 6.45) is -5.66. The third-order valence-corrected chi connectivity index (χ3v) is 2.30. The van der Waals surface area contributed by atoms with Crippen LogP contribution in [0.1, 0.15) is 5.56 Å². The molecule has 0 atom stereocenters. The molecule has 4 nitrogen and oxygen atoms in total. The Kier molecular flexibility index (Phi) is 4.63. The quantitative estimate of drug-likeness (QED) is 0.922. The lowest BCUT2D eigenvalue weighted by Crippen LogP contribution is -2.23. The van der Waals surface area contributed by atoms with Crippen LogP contribution in [0.25, 0.3) is 0 Å². The first-order chi connectivity index (χ1) is 8.69. The minimum absolute atomic E-state index is 0.376. The summed E-state index contributed by atoms with van der Waals surface area (Å²) in [4.78, 5) is 13.0. The molecule has 0 aliphatic rings. The normalized spacial score (nSPS) is 11.1. The lowest BCUT2D eigenvalue weighted by atomic mass is 10.1. The number of amides is 1. The van der Waals surface area contributed by atoms with E-state index in [4.69, 9.17) is 0 Å². The van der Waals surface area contributed by atoms with E-state index in [0.717, 1.165) is 11.3 Å². The second-order valence-corrected chi connectivity index (χ2v) is 4.21. The zero-order chi connectivity index (χ0) is 14.6. The Morgan fingerprint density at radius 3 is 2.53 bits per heavy atom. The molecule has 1 N–H and O–H groups in total. The fourth-order valence-electron chi connectivity index (χ4n) is 1.47. The number of hydrogen-bond donors (Lipinski definition) is 1. The smallest absolute Gasteiger partial charge is 0.422 e. The summed E-state index contributed by atoms with van der Waals surface area (Å²) < 4.78 is 39.7. The molecule has 0 radical (unpaired) electrons. The van der Waals surface area contributed by atoms with Gasteiger partial charge in [0.1, 0.15) is 0 Å². The van der Waals surface area contributed by atoms with Crippen molar-refractivity contribution in [3.63, 3.8) is 0 Å². The number of carbonyl (C=O) groups excluding carboxylic acids is 1. The van der Waals surface area contributed by atoms with Gasteiger partial charge in [0, 0.05) is 25.5 Å². The lowest BCUT2D eigenvalue weighted by Gasteiger charge is -2.17. The third kappa shape index (κ3) is 5.07. The van der Waals surface area contributed by atoms with Gasteiger partial charge in [-0.3, -0.25) is 5.32 Å². The highest BCUT2D eigenvalue weighted by Gasteiger charge is 2.29. The van der Waals surface area contributed by atoms with Gasteiger partial charge in [0.15, 0.2) is 6.61 Å². The van der Waals surface area contributed by atoms with E-state index in [2.05, 4.69) is 10.1 Å². The van der Waals surface area contributed by atoms with Crippen LogP contribution in [-0.2, 0) is 4.74 Å². The lowest BCUT2D eigenvalue weighted by molar-refractivity contribution is -0.159. The van der Waals surface area contributed by atoms with Crippen LogP contribution in [-0.4, -0.2) is 33.0 Å². The summed E-state index contributed by atoms with van der Waals surface area (Å²) in [6.45, 7) is 0.284. The largest absolute Gasteiger partial charge is 0.440 e. The average Bonchev–Trinajstić information content (AvgIpc) is 2.28. The van der Waals surface area contributed by atoms with Crippen LogP contribution >= 0.6 is 0 Å². The van der Waals surface area contributed by atoms with Gasteiger partial charge in [-0.05, 0) is 24.6 Å². The predicted molar refractivity (Wildman–Crippen MR) is 66.5 cm³/mol. The molecular weight excluding hydrogens is 261 g/mol. The molecule has 1 aromatic rings. The number of alkyl halides is 3. The molecule has 0 heterocycles. The van der Waals surface area contributed by atoms with E-state index in [1.807, 2.05) is 25.9 Å². The number of benzene rings is 1. The SMILES string of the molecule is Cc1ccc(NC(=O)OCC(F)(F)F)cc1N(C)C. The molecule has 1 aromatic carbocycles. The summed E-state index contributed by atoms with van der Waals surface area (Å²) >= 11 is 0. The number of nitrogens with zero attached hydrogens (tertiary/aromatic N) is 1. The zero-order valence-electron chi connectivity index (χ0n) is 10.8. The van der Waals surface area contributed by atoms with Crippen LogP contribution in [0.2, 0.25) is 0 Å². The van der Waals surface area contributed by atoms with E-state index in [9.17, 15) is 18.0 Å². The Morgan fingerprint density at radius 1 is 1.37 bits per heavy atom.